The van der Waals surface area contributed by atoms with Crippen molar-refractivity contribution in [2.24, 2.45) is 0 Å². The van der Waals surface area contributed by atoms with E-state index in [1.54, 1.807) is 0 Å². The number of carbonyl (C=O) groups excluding carboxylic acids is 1. The second kappa shape index (κ2) is 7.75. The summed E-state index contributed by atoms with van der Waals surface area (Å²) in [5.41, 5.74) is 5.36. The fraction of sp³-hybridized carbons (Fsp3) is 0.480. The topological polar surface area (TPSA) is 63.1 Å². The van der Waals surface area contributed by atoms with E-state index in [0.717, 1.165) is 40.8 Å². The molecule has 2 saturated heterocycles. The Balaban J connectivity index is 1.54. The number of rotatable bonds is 4. The van der Waals surface area contributed by atoms with Gasteiger partial charge in [0.25, 0.3) is 5.91 Å². The summed E-state index contributed by atoms with van der Waals surface area (Å²) in [5, 5.41) is 8.89. The molecule has 6 nitrogen and oxygen atoms in total. The molecule has 2 unspecified atom stereocenters. The summed E-state index contributed by atoms with van der Waals surface area (Å²) in [6.45, 7) is 6.81. The molecule has 2 atom stereocenters. The number of hydrogen-bond donors (Lipinski definition) is 1. The van der Waals surface area contributed by atoms with E-state index in [-0.39, 0.29) is 11.9 Å². The lowest BCUT2D eigenvalue weighted by atomic mass is 9.97. The molecule has 1 amide bonds. The standard InChI is InChI=1S/C25H31N5O/c1-5-30-24-23(16(3)28-30)21(14-22(27-24)17-8-6-15(2)7-9-17)25(31)26-18-12-19-10-11-20(13-18)29(19)4/h6-9,14,18-20H,5,10-13H2,1-4H3,(H,26,31). The molecule has 2 fully saturated rings. The molecular formula is C25H31N5O. The highest BCUT2D eigenvalue weighted by molar-refractivity contribution is 6.07. The minimum absolute atomic E-state index is 0.00605. The number of carbonyl (C=O) groups is 1. The zero-order valence-corrected chi connectivity index (χ0v) is 18.9. The summed E-state index contributed by atoms with van der Waals surface area (Å²) in [6, 6.07) is 11.7. The third-order valence-corrected chi connectivity index (χ3v) is 7.20. The van der Waals surface area contributed by atoms with Gasteiger partial charge in [0.05, 0.1) is 22.3 Å². The van der Waals surface area contributed by atoms with Crippen LogP contribution in [0.4, 0.5) is 0 Å². The SMILES string of the molecule is CCn1nc(C)c2c(C(=O)NC3CC4CCC(C3)N4C)cc(-c3ccc(C)cc3)nc21. The van der Waals surface area contributed by atoms with Gasteiger partial charge in [-0.3, -0.25) is 4.79 Å². The van der Waals surface area contributed by atoms with Crippen molar-refractivity contribution in [2.75, 3.05) is 7.05 Å². The second-order valence-electron chi connectivity index (χ2n) is 9.21. The number of aromatic nitrogens is 3. The third-order valence-electron chi connectivity index (χ3n) is 7.20. The first-order valence-corrected chi connectivity index (χ1v) is 11.4. The van der Waals surface area contributed by atoms with Crippen LogP contribution in [0.15, 0.2) is 30.3 Å². The Bertz CT molecular complexity index is 1120. The molecule has 31 heavy (non-hydrogen) atoms. The van der Waals surface area contributed by atoms with Crippen LogP contribution in [0.3, 0.4) is 0 Å². The fourth-order valence-corrected chi connectivity index (χ4v) is 5.42. The molecule has 0 radical (unpaired) electrons. The molecule has 6 heteroatoms. The van der Waals surface area contributed by atoms with Crippen molar-refractivity contribution in [3.05, 3.63) is 47.2 Å². The van der Waals surface area contributed by atoms with Gasteiger partial charge in [-0.1, -0.05) is 29.8 Å². The lowest BCUT2D eigenvalue weighted by Crippen LogP contribution is -2.48. The minimum atomic E-state index is -0.00605. The average molecular weight is 418 g/mol. The van der Waals surface area contributed by atoms with Crippen LogP contribution >= 0.6 is 0 Å². The van der Waals surface area contributed by atoms with E-state index in [2.05, 4.69) is 60.5 Å². The number of nitrogens with zero attached hydrogens (tertiary/aromatic N) is 4. The van der Waals surface area contributed by atoms with Gasteiger partial charge in [-0.25, -0.2) is 9.67 Å². The fourth-order valence-electron chi connectivity index (χ4n) is 5.42. The number of fused-ring (bicyclic) bond motifs is 3. The van der Waals surface area contributed by atoms with Gasteiger partial charge in [0.15, 0.2) is 5.65 Å². The summed E-state index contributed by atoms with van der Waals surface area (Å²) in [7, 11) is 2.23. The van der Waals surface area contributed by atoms with E-state index in [1.165, 1.54) is 18.4 Å². The first kappa shape index (κ1) is 20.2. The molecule has 2 aliphatic heterocycles. The minimum Gasteiger partial charge on any atom is -0.349 e. The van der Waals surface area contributed by atoms with Gasteiger partial charge in [0.1, 0.15) is 0 Å². The van der Waals surface area contributed by atoms with Crippen LogP contribution in [-0.4, -0.2) is 50.7 Å². The Labute approximate surface area is 183 Å². The predicted octanol–water partition coefficient (Wildman–Crippen LogP) is 4.09. The van der Waals surface area contributed by atoms with Crippen molar-refractivity contribution in [2.45, 2.75) is 71.1 Å². The number of piperidine rings is 1. The van der Waals surface area contributed by atoms with Crippen molar-refractivity contribution in [1.82, 2.24) is 25.0 Å². The molecule has 162 valence electrons. The van der Waals surface area contributed by atoms with Gasteiger partial charge in [-0.15, -0.1) is 0 Å². The molecule has 2 aromatic heterocycles. The molecule has 2 bridgehead atoms. The van der Waals surface area contributed by atoms with Crippen molar-refractivity contribution in [3.8, 4) is 11.3 Å². The quantitative estimate of drug-likeness (QED) is 0.695. The lowest BCUT2D eigenvalue weighted by Gasteiger charge is -2.36. The van der Waals surface area contributed by atoms with E-state index in [9.17, 15) is 4.79 Å². The van der Waals surface area contributed by atoms with Gasteiger partial charge < -0.3 is 10.2 Å². The lowest BCUT2D eigenvalue weighted by molar-refractivity contribution is 0.0884. The van der Waals surface area contributed by atoms with Gasteiger partial charge >= 0.3 is 0 Å². The number of aryl methyl sites for hydroxylation is 3. The van der Waals surface area contributed by atoms with Crippen LogP contribution in [0.1, 0.15) is 54.2 Å². The van der Waals surface area contributed by atoms with Crippen LogP contribution in [0.2, 0.25) is 0 Å². The summed E-state index contributed by atoms with van der Waals surface area (Å²) in [4.78, 5) is 21.0. The second-order valence-corrected chi connectivity index (χ2v) is 9.21. The summed E-state index contributed by atoms with van der Waals surface area (Å²) >= 11 is 0. The number of pyridine rings is 1. The van der Waals surface area contributed by atoms with Crippen LogP contribution in [0.25, 0.3) is 22.3 Å². The zero-order valence-electron chi connectivity index (χ0n) is 18.9. The number of nitrogens with one attached hydrogen (secondary N) is 1. The Morgan fingerprint density at radius 2 is 1.81 bits per heavy atom. The maximum Gasteiger partial charge on any atom is 0.252 e. The first-order chi connectivity index (χ1) is 14.9. The van der Waals surface area contributed by atoms with Crippen molar-refractivity contribution >= 4 is 16.9 Å². The summed E-state index contributed by atoms with van der Waals surface area (Å²) < 4.78 is 1.90. The maximum absolute atomic E-state index is 13.5. The van der Waals surface area contributed by atoms with Crippen LogP contribution < -0.4 is 5.32 Å². The van der Waals surface area contributed by atoms with E-state index in [4.69, 9.17) is 4.98 Å². The predicted molar refractivity (Wildman–Crippen MR) is 123 cm³/mol. The average Bonchev–Trinajstić information content (AvgIpc) is 3.17. The van der Waals surface area contributed by atoms with Crippen molar-refractivity contribution < 1.29 is 4.79 Å². The highest BCUT2D eigenvalue weighted by Crippen LogP contribution is 2.34. The molecule has 3 aromatic rings. The molecule has 0 aliphatic carbocycles. The summed E-state index contributed by atoms with van der Waals surface area (Å²) in [6.07, 6.45) is 4.55. The Hall–Kier alpha value is -2.73. The molecule has 1 N–H and O–H groups in total. The number of benzene rings is 1. The zero-order chi connectivity index (χ0) is 21.7. The summed E-state index contributed by atoms with van der Waals surface area (Å²) in [5.74, 6) is -0.00605. The molecular weight excluding hydrogens is 386 g/mol. The normalized spacial score (nSPS) is 23.4. The molecule has 2 aliphatic rings. The third kappa shape index (κ3) is 3.53. The van der Waals surface area contributed by atoms with Gasteiger partial charge in [-0.05, 0) is 59.6 Å². The molecule has 0 saturated carbocycles. The van der Waals surface area contributed by atoms with E-state index < -0.39 is 0 Å². The highest BCUT2D eigenvalue weighted by Gasteiger charge is 2.39. The largest absolute Gasteiger partial charge is 0.349 e. The van der Waals surface area contributed by atoms with E-state index >= 15 is 0 Å². The number of amides is 1. The Kier molecular flexibility index (Phi) is 5.05. The van der Waals surface area contributed by atoms with Gasteiger partial charge in [-0.2, -0.15) is 5.10 Å². The molecule has 4 heterocycles. The van der Waals surface area contributed by atoms with Crippen LogP contribution in [-0.2, 0) is 6.54 Å². The number of hydrogen-bond acceptors (Lipinski definition) is 4. The van der Waals surface area contributed by atoms with Crippen LogP contribution in [0, 0.1) is 13.8 Å². The van der Waals surface area contributed by atoms with Crippen molar-refractivity contribution in [1.29, 1.82) is 0 Å². The Morgan fingerprint density at radius 3 is 2.45 bits per heavy atom. The molecule has 0 spiro atoms. The van der Waals surface area contributed by atoms with E-state index in [1.807, 2.05) is 17.7 Å². The van der Waals surface area contributed by atoms with E-state index in [0.29, 0.717) is 24.2 Å². The first-order valence-electron chi connectivity index (χ1n) is 11.4. The van der Waals surface area contributed by atoms with Crippen LogP contribution in [0.5, 0.6) is 0 Å². The van der Waals surface area contributed by atoms with Gasteiger partial charge in [0.2, 0.25) is 0 Å². The smallest absolute Gasteiger partial charge is 0.252 e. The Morgan fingerprint density at radius 1 is 1.13 bits per heavy atom. The monoisotopic (exact) mass is 417 g/mol. The molecule has 1 aromatic carbocycles. The van der Waals surface area contributed by atoms with Crippen molar-refractivity contribution in [3.63, 3.8) is 0 Å². The van der Waals surface area contributed by atoms with Gasteiger partial charge in [0, 0.05) is 30.2 Å². The molecule has 5 rings (SSSR count). The highest BCUT2D eigenvalue weighted by atomic mass is 16.1. The maximum atomic E-state index is 13.5.